The average molecular weight is 629 g/mol. The zero-order valence-corrected chi connectivity index (χ0v) is 24.6. The van der Waals surface area contributed by atoms with Crippen molar-refractivity contribution in [1.29, 1.82) is 0 Å². The molecular weight excluding hydrogens is 601 g/mol. The smallest absolute Gasteiger partial charge is 0.355 e. The molecule has 1 N–H and O–H groups in total. The molecule has 0 aliphatic carbocycles. The highest BCUT2D eigenvalue weighted by Gasteiger charge is 2.31. The van der Waals surface area contributed by atoms with Crippen LogP contribution >= 0.6 is 0 Å². The van der Waals surface area contributed by atoms with E-state index in [1.54, 1.807) is 11.8 Å². The number of amides is 1. The maximum atomic E-state index is 15.8. The van der Waals surface area contributed by atoms with E-state index in [1.807, 2.05) is 0 Å². The minimum absolute atomic E-state index is 0.00157. The number of nitrogens with zero attached hydrogens (tertiary/aromatic N) is 6. The summed E-state index contributed by atoms with van der Waals surface area (Å²) < 4.78 is 69.7. The van der Waals surface area contributed by atoms with Crippen molar-refractivity contribution in [3.05, 3.63) is 76.5 Å². The summed E-state index contributed by atoms with van der Waals surface area (Å²) in [6.07, 6.45) is 4.43. The van der Waals surface area contributed by atoms with E-state index in [0.29, 0.717) is 0 Å². The molecule has 1 aliphatic heterocycles. The van der Waals surface area contributed by atoms with Crippen molar-refractivity contribution < 1.29 is 31.5 Å². The van der Waals surface area contributed by atoms with Gasteiger partial charge < -0.3 is 14.9 Å². The first-order chi connectivity index (χ1) is 20.8. The third-order valence-electron chi connectivity index (χ3n) is 7.28. The number of allylic oxidation sites excluding steroid dienone is 1. The largest absolute Gasteiger partial charge is 0.507 e. The van der Waals surface area contributed by atoms with Crippen molar-refractivity contribution in [2.75, 3.05) is 37.5 Å². The Hall–Kier alpha value is -4.79. The minimum Gasteiger partial charge on any atom is -0.507 e. The molecule has 44 heavy (non-hydrogen) atoms. The molecule has 4 aromatic rings. The Labute approximate surface area is 249 Å². The summed E-state index contributed by atoms with van der Waals surface area (Å²) in [7, 11) is -3.94. The second-order valence-corrected chi connectivity index (χ2v) is 12.3. The van der Waals surface area contributed by atoms with Gasteiger partial charge in [-0.25, -0.2) is 35.9 Å². The molecule has 1 atom stereocenters. The number of benzene rings is 1. The molecule has 0 bridgehead atoms. The van der Waals surface area contributed by atoms with Crippen LogP contribution in [0.5, 0.6) is 5.75 Å². The van der Waals surface area contributed by atoms with Crippen LogP contribution in [0.25, 0.3) is 28.0 Å². The number of aromatic hydroxyl groups is 1. The summed E-state index contributed by atoms with van der Waals surface area (Å²) >= 11 is 0. The molecule has 15 heteroatoms. The van der Waals surface area contributed by atoms with Gasteiger partial charge in [0, 0.05) is 44.2 Å². The fraction of sp³-hybridized carbons (Fsp3) is 0.276. The topological polar surface area (TPSA) is 139 Å². The van der Waals surface area contributed by atoms with Gasteiger partial charge in [0.1, 0.15) is 29.8 Å². The molecule has 0 saturated carbocycles. The normalized spacial score (nSPS) is 15.8. The highest BCUT2D eigenvalue weighted by atomic mass is 32.2. The van der Waals surface area contributed by atoms with Crippen LogP contribution in [0.2, 0.25) is 0 Å². The number of aryl methyl sites for hydroxylation is 1. The van der Waals surface area contributed by atoms with Gasteiger partial charge in [0.05, 0.1) is 27.2 Å². The monoisotopic (exact) mass is 628 g/mol. The second kappa shape index (κ2) is 11.7. The molecule has 0 radical (unpaired) electrons. The predicted octanol–water partition coefficient (Wildman–Crippen LogP) is 3.10. The van der Waals surface area contributed by atoms with Gasteiger partial charge >= 0.3 is 5.69 Å². The Bertz CT molecular complexity index is 1980. The lowest BCUT2D eigenvalue weighted by molar-refractivity contribution is -0.126. The Kier molecular flexibility index (Phi) is 8.16. The number of hydrogen-bond acceptors (Lipinski definition) is 9. The molecule has 11 nitrogen and oxygen atoms in total. The molecule has 230 valence electrons. The molecule has 0 spiro atoms. The van der Waals surface area contributed by atoms with Crippen molar-refractivity contribution in [2.24, 2.45) is 0 Å². The number of sulfone groups is 1. The summed E-state index contributed by atoms with van der Waals surface area (Å²) in [6.45, 7) is 2.91. The number of phenols is 1. The van der Waals surface area contributed by atoms with Crippen molar-refractivity contribution >= 4 is 32.6 Å². The Balaban J connectivity index is 1.80. The number of carbonyl (C=O) groups is 1. The summed E-state index contributed by atoms with van der Waals surface area (Å²) in [5.41, 5.74) is -2.48. The van der Waals surface area contributed by atoms with Crippen LogP contribution in [0.15, 0.2) is 58.4 Å². The molecule has 1 amide bonds. The number of anilines is 1. The maximum absolute atomic E-state index is 15.8. The molecule has 0 unspecified atom stereocenters. The van der Waals surface area contributed by atoms with Gasteiger partial charge in [-0.1, -0.05) is 6.07 Å². The van der Waals surface area contributed by atoms with Gasteiger partial charge in [0.15, 0.2) is 21.3 Å². The zero-order chi connectivity index (χ0) is 31.9. The van der Waals surface area contributed by atoms with Crippen LogP contribution in [0, 0.1) is 18.6 Å². The number of halogens is 3. The fourth-order valence-electron chi connectivity index (χ4n) is 5.28. The Morgan fingerprint density at radius 1 is 1.16 bits per heavy atom. The Morgan fingerprint density at radius 3 is 2.57 bits per heavy atom. The molecule has 1 aliphatic rings. The van der Waals surface area contributed by atoms with Gasteiger partial charge in [-0.2, -0.15) is 4.98 Å². The molecule has 5 rings (SSSR count). The summed E-state index contributed by atoms with van der Waals surface area (Å²) in [6, 6.07) is 5.11. The lowest BCUT2D eigenvalue weighted by atomic mass is 10.1. The number of fused-ring (bicyclic) bond motifs is 1. The number of aromatic nitrogens is 4. The number of rotatable bonds is 6. The molecule has 1 fully saturated rings. The molecule has 4 heterocycles. The summed E-state index contributed by atoms with van der Waals surface area (Å²) in [5, 5.41) is 10.4. The third kappa shape index (κ3) is 5.50. The minimum atomic E-state index is -3.94. The van der Waals surface area contributed by atoms with Crippen LogP contribution in [-0.4, -0.2) is 82.5 Å². The van der Waals surface area contributed by atoms with E-state index in [1.165, 1.54) is 30.2 Å². The lowest BCUT2D eigenvalue weighted by Gasteiger charge is -2.40. The molecule has 1 aromatic carbocycles. The van der Waals surface area contributed by atoms with Crippen molar-refractivity contribution in [1.82, 2.24) is 24.4 Å². The van der Waals surface area contributed by atoms with E-state index in [4.69, 9.17) is 0 Å². The number of phenolic OH excluding ortho intramolecular Hbond substituents is 1. The van der Waals surface area contributed by atoms with E-state index in [2.05, 4.69) is 15.0 Å². The maximum Gasteiger partial charge on any atom is 0.355 e. The van der Waals surface area contributed by atoms with Crippen LogP contribution in [0.4, 0.5) is 19.0 Å². The van der Waals surface area contributed by atoms with Gasteiger partial charge in [0.2, 0.25) is 5.91 Å². The van der Waals surface area contributed by atoms with Crippen molar-refractivity contribution in [2.45, 2.75) is 24.8 Å². The van der Waals surface area contributed by atoms with Gasteiger partial charge in [-0.05, 0) is 44.2 Å². The van der Waals surface area contributed by atoms with Crippen LogP contribution in [-0.2, 0) is 14.6 Å². The lowest BCUT2D eigenvalue weighted by Crippen LogP contribution is -2.54. The highest BCUT2D eigenvalue weighted by Crippen LogP contribution is 2.36. The van der Waals surface area contributed by atoms with E-state index < -0.39 is 62.8 Å². The highest BCUT2D eigenvalue weighted by molar-refractivity contribution is 7.90. The summed E-state index contributed by atoms with van der Waals surface area (Å²) in [4.78, 5) is 41.9. The van der Waals surface area contributed by atoms with E-state index in [-0.39, 0.29) is 52.8 Å². The quantitative estimate of drug-likeness (QED) is 0.319. The second-order valence-electron chi connectivity index (χ2n) is 10.3. The molecule has 1 saturated heterocycles. The van der Waals surface area contributed by atoms with Crippen molar-refractivity contribution in [3.63, 3.8) is 0 Å². The first-order valence-electron chi connectivity index (χ1n) is 13.4. The van der Waals surface area contributed by atoms with E-state index >= 15 is 4.39 Å². The number of hydrogen-bond donors (Lipinski definition) is 1. The SMILES string of the molecule is Cc1nccc(S(C)(=O)=O)c1-n1c(=O)nc(N2CCN(C(=O)/C=C/CF)C[C@@H]2C)c2cc(F)c(-c3c(O)cccc3F)nc21. The van der Waals surface area contributed by atoms with Crippen LogP contribution in [0.1, 0.15) is 12.6 Å². The first kappa shape index (κ1) is 30.7. The summed E-state index contributed by atoms with van der Waals surface area (Å²) in [5.74, 6) is -3.03. The number of alkyl halides is 1. The van der Waals surface area contributed by atoms with E-state index in [0.717, 1.165) is 41.2 Å². The first-order valence-corrected chi connectivity index (χ1v) is 15.3. The van der Waals surface area contributed by atoms with E-state index in [9.17, 15) is 31.9 Å². The Morgan fingerprint density at radius 2 is 1.91 bits per heavy atom. The number of carbonyl (C=O) groups excluding carboxylic acids is 1. The zero-order valence-electron chi connectivity index (χ0n) is 23.8. The van der Waals surface area contributed by atoms with Gasteiger partial charge in [0.25, 0.3) is 0 Å². The van der Waals surface area contributed by atoms with Crippen LogP contribution < -0.4 is 10.6 Å². The predicted molar refractivity (Wildman–Crippen MR) is 156 cm³/mol. The number of pyridine rings is 2. The fourth-order valence-corrected chi connectivity index (χ4v) is 6.18. The van der Waals surface area contributed by atoms with Gasteiger partial charge in [-0.3, -0.25) is 9.78 Å². The standard InChI is InChI=1S/C29H27F3N6O5S/c1-16-15-36(23(40)8-5-10-30)12-13-37(16)27-18-14-20(32)25(24-19(31)6-4-7-21(24)39)34-28(18)38(29(41)35-27)26-17(2)33-11-9-22(26)44(3,42)43/h4-9,11,14,16,39H,10,12-13,15H2,1-3H3/b8-5+/t16-/m0/s1. The number of piperazine rings is 1. The van der Waals surface area contributed by atoms with Crippen LogP contribution in [0.3, 0.4) is 0 Å². The van der Waals surface area contributed by atoms with Crippen molar-refractivity contribution in [3.8, 4) is 22.7 Å². The third-order valence-corrected chi connectivity index (χ3v) is 8.41. The average Bonchev–Trinajstić information content (AvgIpc) is 2.96. The molecule has 3 aromatic heterocycles. The molecular formula is C29H27F3N6O5S. The van der Waals surface area contributed by atoms with Gasteiger partial charge in [-0.15, -0.1) is 0 Å².